The molecule has 2 aromatic rings. The van der Waals surface area contributed by atoms with Crippen LogP contribution in [0.25, 0.3) is 0 Å². The van der Waals surface area contributed by atoms with Crippen LogP contribution in [0, 0.1) is 6.92 Å². The quantitative estimate of drug-likeness (QED) is 0.575. The minimum Gasteiger partial charge on any atom is -0.357 e. The number of rotatable bonds is 7. The Labute approximate surface area is 161 Å². The number of piperidine rings is 1. The number of aliphatic imine (C=N–C) groups is 1. The van der Waals surface area contributed by atoms with E-state index in [1.165, 1.54) is 5.56 Å². The second-order valence-corrected chi connectivity index (χ2v) is 7.06. The van der Waals surface area contributed by atoms with Crippen molar-refractivity contribution < 1.29 is 0 Å². The van der Waals surface area contributed by atoms with E-state index < -0.39 is 0 Å². The Bertz CT molecular complexity index is 702. The lowest BCUT2D eigenvalue weighted by Gasteiger charge is -2.32. The monoisotopic (exact) mass is 369 g/mol. The van der Waals surface area contributed by atoms with Gasteiger partial charge >= 0.3 is 0 Å². The minimum absolute atomic E-state index is 0.467. The molecule has 7 nitrogen and oxygen atoms in total. The summed E-state index contributed by atoms with van der Waals surface area (Å²) in [6, 6.07) is 6.59. The maximum Gasteiger partial charge on any atom is 0.191 e. The second-order valence-electron chi connectivity index (χ2n) is 7.06. The van der Waals surface area contributed by atoms with Crippen molar-refractivity contribution in [3.05, 3.63) is 48.0 Å². The standard InChI is InChI=1S/C20H31N7/c1-3-21-20(23-10-13-27-15-17(2)14-24-27)25-18-7-11-26(12-8-18)16-19-6-4-5-9-22-19/h4-6,9,14-15,18H,3,7-8,10-13,16H2,1-2H3,(H2,21,23,25). The molecule has 2 N–H and O–H groups in total. The average Bonchev–Trinajstić information content (AvgIpc) is 3.09. The SMILES string of the molecule is CCNC(=NCCn1cc(C)cn1)NC1CCN(Cc2ccccn2)CC1. The summed E-state index contributed by atoms with van der Waals surface area (Å²) in [5.41, 5.74) is 2.33. The number of nitrogens with zero attached hydrogens (tertiary/aromatic N) is 5. The highest BCUT2D eigenvalue weighted by Crippen LogP contribution is 2.12. The molecule has 1 aliphatic rings. The molecule has 27 heavy (non-hydrogen) atoms. The lowest BCUT2D eigenvalue weighted by molar-refractivity contribution is 0.196. The molecule has 0 radical (unpaired) electrons. The van der Waals surface area contributed by atoms with E-state index in [0.717, 1.165) is 63.8 Å². The predicted octanol–water partition coefficient (Wildman–Crippen LogP) is 1.81. The third kappa shape index (κ3) is 6.36. The topological polar surface area (TPSA) is 70.4 Å². The third-order valence-electron chi connectivity index (χ3n) is 4.75. The molecule has 1 aliphatic heterocycles. The Morgan fingerprint density at radius 1 is 1.30 bits per heavy atom. The molecule has 7 heteroatoms. The van der Waals surface area contributed by atoms with Crippen molar-refractivity contribution in [3.8, 4) is 0 Å². The summed E-state index contributed by atoms with van der Waals surface area (Å²) in [5.74, 6) is 0.907. The van der Waals surface area contributed by atoms with Crippen LogP contribution < -0.4 is 10.6 Å². The fourth-order valence-electron chi connectivity index (χ4n) is 3.32. The average molecular weight is 370 g/mol. The van der Waals surface area contributed by atoms with Crippen LogP contribution in [0.1, 0.15) is 31.0 Å². The van der Waals surface area contributed by atoms with Gasteiger partial charge in [-0.25, -0.2) is 0 Å². The predicted molar refractivity (Wildman–Crippen MR) is 109 cm³/mol. The highest BCUT2D eigenvalue weighted by Gasteiger charge is 2.20. The number of aromatic nitrogens is 3. The molecule has 0 spiro atoms. The van der Waals surface area contributed by atoms with E-state index in [0.29, 0.717) is 6.04 Å². The van der Waals surface area contributed by atoms with Crippen LogP contribution in [-0.2, 0) is 13.1 Å². The number of pyridine rings is 1. The van der Waals surface area contributed by atoms with E-state index in [4.69, 9.17) is 4.99 Å². The molecule has 0 atom stereocenters. The van der Waals surface area contributed by atoms with Gasteiger partial charge < -0.3 is 10.6 Å². The minimum atomic E-state index is 0.467. The van der Waals surface area contributed by atoms with Gasteiger partial charge in [-0.3, -0.25) is 19.6 Å². The highest BCUT2D eigenvalue weighted by atomic mass is 15.3. The van der Waals surface area contributed by atoms with Crippen molar-refractivity contribution in [2.75, 3.05) is 26.2 Å². The molecule has 1 fully saturated rings. The summed E-state index contributed by atoms with van der Waals surface area (Å²) >= 11 is 0. The first kappa shape index (κ1) is 19.4. The number of nitrogens with one attached hydrogen (secondary N) is 2. The molecule has 3 rings (SSSR count). The van der Waals surface area contributed by atoms with Crippen LogP contribution in [0.5, 0.6) is 0 Å². The van der Waals surface area contributed by atoms with Gasteiger partial charge in [-0.2, -0.15) is 5.10 Å². The van der Waals surface area contributed by atoms with Gasteiger partial charge in [0.1, 0.15) is 0 Å². The normalized spacial score (nSPS) is 16.4. The molecule has 0 bridgehead atoms. The zero-order valence-electron chi connectivity index (χ0n) is 16.4. The van der Waals surface area contributed by atoms with Crippen molar-refractivity contribution in [3.63, 3.8) is 0 Å². The lowest BCUT2D eigenvalue weighted by Crippen LogP contribution is -2.48. The molecule has 1 saturated heterocycles. The lowest BCUT2D eigenvalue weighted by atomic mass is 10.0. The van der Waals surface area contributed by atoms with E-state index in [-0.39, 0.29) is 0 Å². The summed E-state index contributed by atoms with van der Waals surface area (Å²) in [4.78, 5) is 11.6. The van der Waals surface area contributed by atoms with Crippen molar-refractivity contribution in [1.29, 1.82) is 0 Å². The van der Waals surface area contributed by atoms with Gasteiger partial charge in [0, 0.05) is 44.6 Å². The van der Waals surface area contributed by atoms with E-state index in [1.807, 2.05) is 29.3 Å². The van der Waals surface area contributed by atoms with Gasteiger partial charge in [0.2, 0.25) is 0 Å². The Hall–Kier alpha value is -2.41. The Balaban J connectivity index is 1.43. The van der Waals surface area contributed by atoms with E-state index in [9.17, 15) is 0 Å². The molecule has 3 heterocycles. The van der Waals surface area contributed by atoms with Crippen molar-refractivity contribution >= 4 is 5.96 Å². The molecule has 146 valence electrons. The smallest absolute Gasteiger partial charge is 0.191 e. The van der Waals surface area contributed by atoms with Crippen LogP contribution in [0.2, 0.25) is 0 Å². The Morgan fingerprint density at radius 2 is 2.15 bits per heavy atom. The first-order valence-corrected chi connectivity index (χ1v) is 9.89. The molecule has 0 aliphatic carbocycles. The number of hydrogen-bond acceptors (Lipinski definition) is 4. The zero-order valence-corrected chi connectivity index (χ0v) is 16.4. The molecule has 0 amide bonds. The fraction of sp³-hybridized carbons (Fsp3) is 0.550. The molecule has 0 aromatic carbocycles. The highest BCUT2D eigenvalue weighted by molar-refractivity contribution is 5.80. The molecule has 0 saturated carbocycles. The van der Waals surface area contributed by atoms with Gasteiger partial charge in [-0.15, -0.1) is 0 Å². The molecule has 2 aromatic heterocycles. The van der Waals surface area contributed by atoms with Crippen LogP contribution in [0.3, 0.4) is 0 Å². The molecule has 0 unspecified atom stereocenters. The van der Waals surface area contributed by atoms with Gasteiger partial charge in [0.25, 0.3) is 0 Å². The van der Waals surface area contributed by atoms with Crippen LogP contribution >= 0.6 is 0 Å². The maximum absolute atomic E-state index is 4.71. The van der Waals surface area contributed by atoms with Gasteiger partial charge in [0.15, 0.2) is 5.96 Å². The van der Waals surface area contributed by atoms with Crippen molar-refractivity contribution in [2.45, 2.75) is 45.8 Å². The van der Waals surface area contributed by atoms with E-state index in [2.05, 4.69) is 51.6 Å². The van der Waals surface area contributed by atoms with Crippen LogP contribution in [0.4, 0.5) is 0 Å². The largest absolute Gasteiger partial charge is 0.357 e. The summed E-state index contributed by atoms with van der Waals surface area (Å²) in [6.45, 7) is 9.64. The van der Waals surface area contributed by atoms with Gasteiger partial charge in [-0.05, 0) is 44.4 Å². The van der Waals surface area contributed by atoms with Crippen molar-refractivity contribution in [2.24, 2.45) is 4.99 Å². The zero-order chi connectivity index (χ0) is 18.9. The third-order valence-corrected chi connectivity index (χ3v) is 4.75. The summed E-state index contributed by atoms with van der Waals surface area (Å²) in [6.07, 6.45) is 8.04. The number of likely N-dealkylation sites (tertiary alicyclic amines) is 1. The Kier molecular flexibility index (Phi) is 7.21. The van der Waals surface area contributed by atoms with Crippen LogP contribution in [-0.4, -0.2) is 57.8 Å². The molecular formula is C20H31N7. The maximum atomic E-state index is 4.71. The molecular weight excluding hydrogens is 338 g/mol. The van der Waals surface area contributed by atoms with E-state index in [1.54, 1.807) is 0 Å². The van der Waals surface area contributed by atoms with Crippen LogP contribution in [0.15, 0.2) is 41.8 Å². The second kappa shape index (κ2) is 10.1. The number of guanidine groups is 1. The first-order chi connectivity index (χ1) is 13.2. The van der Waals surface area contributed by atoms with Gasteiger partial charge in [-0.1, -0.05) is 6.07 Å². The number of hydrogen-bond donors (Lipinski definition) is 2. The summed E-state index contributed by atoms with van der Waals surface area (Å²) in [5, 5.41) is 11.3. The van der Waals surface area contributed by atoms with Crippen molar-refractivity contribution in [1.82, 2.24) is 30.3 Å². The van der Waals surface area contributed by atoms with Gasteiger partial charge in [0.05, 0.1) is 25.0 Å². The van der Waals surface area contributed by atoms with E-state index >= 15 is 0 Å². The summed E-state index contributed by atoms with van der Waals surface area (Å²) < 4.78 is 1.94. The first-order valence-electron chi connectivity index (χ1n) is 9.89. The number of aryl methyl sites for hydroxylation is 1. The fourth-order valence-corrected chi connectivity index (χ4v) is 3.32. The summed E-state index contributed by atoms with van der Waals surface area (Å²) in [7, 11) is 0. The Morgan fingerprint density at radius 3 is 2.81 bits per heavy atom.